The fourth-order valence-corrected chi connectivity index (χ4v) is 10.5. The predicted octanol–water partition coefficient (Wildman–Crippen LogP) is 14.7. The lowest BCUT2D eigenvalue weighted by atomic mass is 9.97. The second-order valence-electron chi connectivity index (χ2n) is 21.4. The van der Waals surface area contributed by atoms with Crippen LogP contribution in [0.5, 0.6) is 0 Å². The monoisotopic (exact) mass is 1170 g/mol. The number of hydrogen-bond donors (Lipinski definition) is 3. The maximum Gasteiger partial charge on any atom is 0.255 e. The zero-order valence-corrected chi connectivity index (χ0v) is 49.0. The fourth-order valence-electron chi connectivity index (χ4n) is 10.5. The summed E-state index contributed by atoms with van der Waals surface area (Å²) >= 11 is 0. The van der Waals surface area contributed by atoms with E-state index in [2.05, 4.69) is 30.7 Å². The zero-order valence-electron chi connectivity index (χ0n) is 49.0. The van der Waals surface area contributed by atoms with Crippen molar-refractivity contribution in [3.63, 3.8) is 0 Å². The highest BCUT2D eigenvalue weighted by molar-refractivity contribution is 6.07. The first kappa shape index (κ1) is 60.6. The number of benzene rings is 9. The van der Waals surface area contributed by atoms with E-state index in [1.54, 1.807) is 60.7 Å². The van der Waals surface area contributed by atoms with E-state index < -0.39 is 0 Å². The molecule has 9 aromatic carbocycles. The number of anilines is 6. The van der Waals surface area contributed by atoms with E-state index in [1.165, 1.54) is 30.3 Å². The minimum absolute atomic E-state index is 0.174. The average Bonchev–Trinajstić information content (AvgIpc) is 3.75. The molecule has 87 heavy (non-hydrogen) atoms. The second-order valence-corrected chi connectivity index (χ2v) is 21.4. The van der Waals surface area contributed by atoms with Crippen molar-refractivity contribution in [2.75, 3.05) is 110 Å². The Balaban J connectivity index is 0.000000144. The third-order valence-electron chi connectivity index (χ3n) is 15.5. The summed E-state index contributed by atoms with van der Waals surface area (Å²) in [5, 5.41) is 8.82. The summed E-state index contributed by atoms with van der Waals surface area (Å²) in [6.07, 6.45) is 0. The molecule has 3 amide bonds. The van der Waals surface area contributed by atoms with E-state index in [0.717, 1.165) is 158 Å². The Kier molecular flexibility index (Phi) is 20.2. The summed E-state index contributed by atoms with van der Waals surface area (Å²) < 4.78 is 57.2. The molecule has 12 nitrogen and oxygen atoms in total. The van der Waals surface area contributed by atoms with Gasteiger partial charge in [0, 0.05) is 95.6 Å². The number of morpholine rings is 3. The van der Waals surface area contributed by atoms with Gasteiger partial charge in [0.1, 0.15) is 17.5 Å². The van der Waals surface area contributed by atoms with Crippen molar-refractivity contribution in [3.05, 3.63) is 251 Å². The number of carbonyl (C=O) groups is 3. The number of nitrogens with zero attached hydrogens (tertiary/aromatic N) is 3. The smallest absolute Gasteiger partial charge is 0.255 e. The predicted molar refractivity (Wildman–Crippen MR) is 342 cm³/mol. The molecule has 3 N–H and O–H groups in total. The first-order valence-electron chi connectivity index (χ1n) is 29.1. The van der Waals surface area contributed by atoms with Crippen LogP contribution in [-0.4, -0.2) is 96.6 Å². The highest BCUT2D eigenvalue weighted by Gasteiger charge is 2.18. The van der Waals surface area contributed by atoms with E-state index in [4.69, 9.17) is 14.2 Å². The minimum Gasteiger partial charge on any atom is -0.378 e. The molecular formula is C72H69F3N6O6. The lowest BCUT2D eigenvalue weighted by Crippen LogP contribution is -2.36. The molecule has 12 rings (SSSR count). The molecule has 0 aromatic heterocycles. The van der Waals surface area contributed by atoms with E-state index in [-0.39, 0.29) is 35.2 Å². The van der Waals surface area contributed by atoms with Gasteiger partial charge in [-0.2, -0.15) is 0 Å². The molecule has 9 aromatic rings. The van der Waals surface area contributed by atoms with Gasteiger partial charge in [0.2, 0.25) is 0 Å². The molecule has 3 aliphatic rings. The van der Waals surface area contributed by atoms with Crippen LogP contribution in [0.2, 0.25) is 0 Å². The maximum atomic E-state index is 14.2. The number of halogens is 3. The number of aryl methyl sites for hydroxylation is 3. The summed E-state index contributed by atoms with van der Waals surface area (Å²) in [5.74, 6) is -1.46. The number of hydrogen-bond acceptors (Lipinski definition) is 9. The molecule has 0 bridgehead atoms. The molecule has 15 heteroatoms. The highest BCUT2D eigenvalue weighted by Crippen LogP contribution is 2.31. The molecule has 3 fully saturated rings. The SMILES string of the molecule is Cc1ccc(C(=O)Nc2ccc(N3CCOCC3)cc2)cc1-c1ccc(F)cc1.Cc1ccc(C(=O)Nc2ccc(N3CCOCC3)cc2)cc1-c1cccc(F)c1.Cc1ccc(C(=O)Nc2ccc(N3CCOCC3)cc2)cc1-c1ccccc1F. The van der Waals surface area contributed by atoms with Crippen LogP contribution in [0, 0.1) is 38.2 Å². The lowest BCUT2D eigenvalue weighted by Gasteiger charge is -2.28. The average molecular weight is 1170 g/mol. The van der Waals surface area contributed by atoms with Gasteiger partial charge >= 0.3 is 0 Å². The number of rotatable bonds is 12. The molecular weight excluding hydrogens is 1100 g/mol. The number of amides is 3. The summed E-state index contributed by atoms with van der Waals surface area (Å²) in [7, 11) is 0. The third-order valence-corrected chi connectivity index (χ3v) is 15.5. The van der Waals surface area contributed by atoms with Crippen molar-refractivity contribution >= 4 is 51.8 Å². The van der Waals surface area contributed by atoms with Gasteiger partial charge in [-0.05, 0) is 205 Å². The fraction of sp³-hybridized carbons (Fsp3) is 0.208. The van der Waals surface area contributed by atoms with Gasteiger partial charge in [0.15, 0.2) is 0 Å². The van der Waals surface area contributed by atoms with Crippen molar-refractivity contribution < 1.29 is 41.8 Å². The zero-order chi connectivity index (χ0) is 60.7. The van der Waals surface area contributed by atoms with Crippen molar-refractivity contribution in [3.8, 4) is 33.4 Å². The Bertz CT molecular complexity index is 3810. The molecule has 444 valence electrons. The molecule has 3 heterocycles. The summed E-state index contributed by atoms with van der Waals surface area (Å²) in [6.45, 7) is 15.5. The maximum absolute atomic E-state index is 14.2. The molecule has 3 aliphatic heterocycles. The summed E-state index contributed by atoms with van der Waals surface area (Å²) in [6, 6.07) is 59.2. The molecule has 0 radical (unpaired) electrons. The van der Waals surface area contributed by atoms with Crippen LogP contribution >= 0.6 is 0 Å². The summed E-state index contributed by atoms with van der Waals surface area (Å²) in [5.41, 5.74) is 14.7. The van der Waals surface area contributed by atoms with Gasteiger partial charge in [0.05, 0.1) is 39.6 Å². The van der Waals surface area contributed by atoms with Gasteiger partial charge in [-0.3, -0.25) is 14.4 Å². The van der Waals surface area contributed by atoms with Gasteiger partial charge < -0.3 is 44.9 Å². The Morgan fingerprint density at radius 2 is 0.713 bits per heavy atom. The van der Waals surface area contributed by atoms with Crippen molar-refractivity contribution in [2.24, 2.45) is 0 Å². The topological polar surface area (TPSA) is 125 Å². The molecule has 0 spiro atoms. The molecule has 0 aliphatic carbocycles. The molecule has 0 atom stereocenters. The van der Waals surface area contributed by atoms with Crippen LogP contribution in [0.1, 0.15) is 47.8 Å². The van der Waals surface area contributed by atoms with Crippen molar-refractivity contribution in [1.29, 1.82) is 0 Å². The van der Waals surface area contributed by atoms with Crippen LogP contribution in [0.15, 0.2) is 200 Å². The standard InChI is InChI=1S/3C24H23FN2O2/c1-17-2-3-19(16-23(17)18-4-6-20(25)7-5-18)24(28)26-21-8-10-22(11-9-21)27-12-14-29-15-13-27;1-17-5-6-19(16-23(17)18-3-2-4-20(25)15-18)24(28)26-21-7-9-22(10-8-21)27-11-13-29-14-12-27;1-17-6-7-18(16-22(17)21-4-2-3-5-23(21)25)24(28)26-19-8-10-20(11-9-19)27-12-14-29-15-13-27/h2-11,16H,12-15H2,1H3,(H,26,28);2-10,15-16H,11-14H2,1H3,(H,26,28);2-11,16H,12-15H2,1H3,(H,26,28). The van der Waals surface area contributed by atoms with Gasteiger partial charge in [-0.25, -0.2) is 13.2 Å². The normalized spacial score (nSPS) is 13.9. The second kappa shape index (κ2) is 29.0. The van der Waals surface area contributed by atoms with Gasteiger partial charge in [-0.1, -0.05) is 60.7 Å². The van der Waals surface area contributed by atoms with Crippen molar-refractivity contribution in [1.82, 2.24) is 0 Å². The van der Waals surface area contributed by atoms with Crippen LogP contribution < -0.4 is 30.7 Å². The van der Waals surface area contributed by atoms with Crippen molar-refractivity contribution in [2.45, 2.75) is 20.8 Å². The molecule has 3 saturated heterocycles. The lowest BCUT2D eigenvalue weighted by molar-refractivity contribution is 0.101. The third kappa shape index (κ3) is 16.1. The number of nitrogens with one attached hydrogen (secondary N) is 3. The van der Waals surface area contributed by atoms with Crippen LogP contribution in [-0.2, 0) is 14.2 Å². The van der Waals surface area contributed by atoms with E-state index >= 15 is 0 Å². The number of carbonyl (C=O) groups excluding carboxylic acids is 3. The molecule has 0 unspecified atom stereocenters. The Hall–Kier alpha value is -9.54. The highest BCUT2D eigenvalue weighted by atomic mass is 19.1. The Morgan fingerprint density at radius 1 is 0.345 bits per heavy atom. The van der Waals surface area contributed by atoms with Crippen LogP contribution in [0.4, 0.5) is 47.3 Å². The summed E-state index contributed by atoms with van der Waals surface area (Å²) in [4.78, 5) is 45.0. The quantitative estimate of drug-likeness (QED) is 0.110. The Labute approximate surface area is 506 Å². The largest absolute Gasteiger partial charge is 0.378 e. The number of ether oxygens (including phenoxy) is 3. The first-order valence-corrected chi connectivity index (χ1v) is 29.1. The van der Waals surface area contributed by atoms with Gasteiger partial charge in [-0.15, -0.1) is 0 Å². The van der Waals surface area contributed by atoms with Gasteiger partial charge in [0.25, 0.3) is 17.7 Å². The minimum atomic E-state index is -0.299. The van der Waals surface area contributed by atoms with E-state index in [0.29, 0.717) is 22.3 Å². The van der Waals surface area contributed by atoms with Crippen LogP contribution in [0.25, 0.3) is 33.4 Å². The Morgan fingerprint density at radius 3 is 1.10 bits per heavy atom. The molecule has 0 saturated carbocycles. The van der Waals surface area contributed by atoms with E-state index in [1.807, 2.05) is 130 Å². The van der Waals surface area contributed by atoms with Crippen LogP contribution in [0.3, 0.4) is 0 Å². The first-order chi connectivity index (χ1) is 42.3. The van der Waals surface area contributed by atoms with E-state index in [9.17, 15) is 27.6 Å².